The van der Waals surface area contributed by atoms with Gasteiger partial charge in [0.15, 0.2) is 5.82 Å². The van der Waals surface area contributed by atoms with Gasteiger partial charge in [0.1, 0.15) is 0 Å². The average Bonchev–Trinajstić information content (AvgIpc) is 3.14. The largest absolute Gasteiger partial charge is 0.350 e. The molecule has 2 aliphatic heterocycles. The Morgan fingerprint density at radius 1 is 1.17 bits per heavy atom. The Balaban J connectivity index is 1.63. The second-order valence-electron chi connectivity index (χ2n) is 6.32. The first-order valence-corrected chi connectivity index (χ1v) is 8.01. The summed E-state index contributed by atoms with van der Waals surface area (Å²) < 4.78 is 1.74. The van der Waals surface area contributed by atoms with Gasteiger partial charge in [-0.2, -0.15) is 10.2 Å². The summed E-state index contributed by atoms with van der Waals surface area (Å²) in [5.41, 5.74) is 1.81. The van der Waals surface area contributed by atoms with Crippen molar-refractivity contribution in [2.45, 2.75) is 38.3 Å². The standard InChI is InChI=1S/C16H20N6O/c1-11-3-5-15(19-18-11)21-8-7-14-13(21)4-6-16(23)22(14)12-9-17-20(2)10-12/h3,5,9-10,13-14H,4,6-8H2,1-2H3/t13-,14-/m0/s1. The Hall–Kier alpha value is -2.44. The number of hydrogen-bond acceptors (Lipinski definition) is 5. The Labute approximate surface area is 134 Å². The van der Waals surface area contributed by atoms with Crippen LogP contribution in [0.5, 0.6) is 0 Å². The van der Waals surface area contributed by atoms with E-state index in [1.54, 1.807) is 10.9 Å². The number of carbonyl (C=O) groups is 1. The Morgan fingerprint density at radius 3 is 2.74 bits per heavy atom. The number of hydrogen-bond donors (Lipinski definition) is 0. The predicted molar refractivity (Wildman–Crippen MR) is 86.2 cm³/mol. The molecule has 4 rings (SSSR count). The SMILES string of the molecule is Cc1ccc(N2CC[C@H]3[C@@H]2CCC(=O)N3c2cnn(C)c2)nn1. The topological polar surface area (TPSA) is 67.2 Å². The lowest BCUT2D eigenvalue weighted by Crippen LogP contribution is -2.52. The minimum Gasteiger partial charge on any atom is -0.350 e. The van der Waals surface area contributed by atoms with Crippen LogP contribution in [0.3, 0.4) is 0 Å². The zero-order valence-corrected chi connectivity index (χ0v) is 13.4. The van der Waals surface area contributed by atoms with Crippen LogP contribution in [0.4, 0.5) is 11.5 Å². The van der Waals surface area contributed by atoms with E-state index in [4.69, 9.17) is 0 Å². The highest BCUT2D eigenvalue weighted by atomic mass is 16.2. The third-order valence-corrected chi connectivity index (χ3v) is 4.81. The van der Waals surface area contributed by atoms with Gasteiger partial charge in [-0.3, -0.25) is 9.48 Å². The summed E-state index contributed by atoms with van der Waals surface area (Å²) in [7, 11) is 1.87. The summed E-state index contributed by atoms with van der Waals surface area (Å²) >= 11 is 0. The van der Waals surface area contributed by atoms with Crippen LogP contribution in [0.1, 0.15) is 25.0 Å². The normalized spacial score (nSPS) is 24.2. The van der Waals surface area contributed by atoms with Crippen LogP contribution in [-0.4, -0.2) is 44.5 Å². The summed E-state index contributed by atoms with van der Waals surface area (Å²) in [6.07, 6.45) is 6.06. The number of rotatable bonds is 2. The molecule has 2 aliphatic rings. The second-order valence-corrected chi connectivity index (χ2v) is 6.32. The molecule has 0 unspecified atom stereocenters. The lowest BCUT2D eigenvalue weighted by atomic mass is 9.96. The first-order valence-electron chi connectivity index (χ1n) is 8.01. The van der Waals surface area contributed by atoms with E-state index in [1.165, 1.54) is 0 Å². The van der Waals surface area contributed by atoms with Crippen LogP contribution in [0.2, 0.25) is 0 Å². The minimum atomic E-state index is 0.184. The van der Waals surface area contributed by atoms with Crippen molar-refractivity contribution < 1.29 is 4.79 Å². The summed E-state index contributed by atoms with van der Waals surface area (Å²) in [6, 6.07) is 4.49. The van der Waals surface area contributed by atoms with E-state index >= 15 is 0 Å². The van der Waals surface area contributed by atoms with Gasteiger partial charge in [-0.1, -0.05) is 0 Å². The molecule has 0 radical (unpaired) electrons. The van der Waals surface area contributed by atoms with E-state index in [2.05, 4.69) is 20.2 Å². The van der Waals surface area contributed by atoms with Gasteiger partial charge in [-0.15, -0.1) is 5.10 Å². The lowest BCUT2D eigenvalue weighted by molar-refractivity contribution is -0.120. The average molecular weight is 312 g/mol. The molecule has 7 heteroatoms. The number of anilines is 2. The van der Waals surface area contributed by atoms with E-state index in [1.807, 2.05) is 37.2 Å². The van der Waals surface area contributed by atoms with Crippen molar-refractivity contribution in [1.29, 1.82) is 0 Å². The molecule has 0 spiro atoms. The van der Waals surface area contributed by atoms with E-state index < -0.39 is 0 Å². The maximum Gasteiger partial charge on any atom is 0.227 e. The van der Waals surface area contributed by atoms with Crippen molar-refractivity contribution in [1.82, 2.24) is 20.0 Å². The molecule has 7 nitrogen and oxygen atoms in total. The van der Waals surface area contributed by atoms with Crippen molar-refractivity contribution in [3.63, 3.8) is 0 Å². The van der Waals surface area contributed by atoms with E-state index in [0.29, 0.717) is 12.5 Å². The van der Waals surface area contributed by atoms with Gasteiger partial charge in [0, 0.05) is 26.2 Å². The van der Waals surface area contributed by atoms with Gasteiger partial charge in [0.05, 0.1) is 29.7 Å². The van der Waals surface area contributed by atoms with E-state index in [0.717, 1.165) is 36.6 Å². The molecule has 2 fully saturated rings. The van der Waals surface area contributed by atoms with Crippen molar-refractivity contribution in [2.75, 3.05) is 16.3 Å². The molecule has 2 aromatic rings. The highest BCUT2D eigenvalue weighted by Gasteiger charge is 2.44. The molecule has 120 valence electrons. The first kappa shape index (κ1) is 14.2. The number of fused-ring (bicyclic) bond motifs is 1. The quantitative estimate of drug-likeness (QED) is 0.836. The fourth-order valence-electron chi connectivity index (χ4n) is 3.76. The van der Waals surface area contributed by atoms with Crippen molar-refractivity contribution in [3.8, 4) is 0 Å². The van der Waals surface area contributed by atoms with Crippen LogP contribution >= 0.6 is 0 Å². The molecule has 0 bridgehead atoms. The predicted octanol–water partition coefficient (Wildman–Crippen LogP) is 1.29. The van der Waals surface area contributed by atoms with Gasteiger partial charge in [-0.05, 0) is 31.9 Å². The third-order valence-electron chi connectivity index (χ3n) is 4.81. The van der Waals surface area contributed by atoms with Gasteiger partial charge in [0.25, 0.3) is 0 Å². The van der Waals surface area contributed by atoms with Crippen LogP contribution in [0.25, 0.3) is 0 Å². The molecule has 0 saturated carbocycles. The van der Waals surface area contributed by atoms with Crippen LogP contribution in [0, 0.1) is 6.92 Å². The maximum absolute atomic E-state index is 12.5. The van der Waals surface area contributed by atoms with E-state index in [-0.39, 0.29) is 11.9 Å². The molecule has 2 atom stereocenters. The summed E-state index contributed by atoms with van der Waals surface area (Å²) in [6.45, 7) is 2.84. The molecule has 1 amide bonds. The molecule has 2 saturated heterocycles. The summed E-state index contributed by atoms with van der Waals surface area (Å²) in [5, 5.41) is 12.7. The highest BCUT2D eigenvalue weighted by molar-refractivity contribution is 5.95. The van der Waals surface area contributed by atoms with Crippen molar-refractivity contribution >= 4 is 17.4 Å². The number of nitrogens with zero attached hydrogens (tertiary/aromatic N) is 6. The lowest BCUT2D eigenvalue weighted by Gasteiger charge is -2.39. The third kappa shape index (κ3) is 2.36. The number of aryl methyl sites for hydroxylation is 2. The molecule has 0 aliphatic carbocycles. The molecule has 4 heterocycles. The van der Waals surface area contributed by atoms with Gasteiger partial charge in [-0.25, -0.2) is 0 Å². The molecular weight excluding hydrogens is 292 g/mol. The Bertz CT molecular complexity index is 724. The fourth-order valence-corrected chi connectivity index (χ4v) is 3.76. The van der Waals surface area contributed by atoms with E-state index in [9.17, 15) is 4.79 Å². The fraction of sp³-hybridized carbons (Fsp3) is 0.500. The van der Waals surface area contributed by atoms with Crippen LogP contribution < -0.4 is 9.80 Å². The molecule has 0 N–H and O–H groups in total. The van der Waals surface area contributed by atoms with Gasteiger partial charge < -0.3 is 9.80 Å². The number of piperidine rings is 1. The highest BCUT2D eigenvalue weighted by Crippen LogP contribution is 2.36. The van der Waals surface area contributed by atoms with Gasteiger partial charge in [0.2, 0.25) is 5.91 Å². The molecule has 2 aromatic heterocycles. The first-order chi connectivity index (χ1) is 11.1. The Kier molecular flexibility index (Phi) is 3.28. The number of carbonyl (C=O) groups excluding carboxylic acids is 1. The zero-order chi connectivity index (χ0) is 16.0. The molecule has 0 aromatic carbocycles. The smallest absolute Gasteiger partial charge is 0.227 e. The summed E-state index contributed by atoms with van der Waals surface area (Å²) in [4.78, 5) is 16.7. The molecular formula is C16H20N6O. The number of aromatic nitrogens is 4. The number of amides is 1. The Morgan fingerprint density at radius 2 is 2.04 bits per heavy atom. The van der Waals surface area contributed by atoms with Crippen LogP contribution in [0.15, 0.2) is 24.5 Å². The summed E-state index contributed by atoms with van der Waals surface area (Å²) in [5.74, 6) is 1.10. The minimum absolute atomic E-state index is 0.184. The van der Waals surface area contributed by atoms with Gasteiger partial charge >= 0.3 is 0 Å². The zero-order valence-electron chi connectivity index (χ0n) is 13.4. The second kappa shape index (κ2) is 5.33. The van der Waals surface area contributed by atoms with Crippen molar-refractivity contribution in [2.24, 2.45) is 7.05 Å². The monoisotopic (exact) mass is 312 g/mol. The van der Waals surface area contributed by atoms with Crippen LogP contribution in [-0.2, 0) is 11.8 Å². The van der Waals surface area contributed by atoms with Crippen molar-refractivity contribution in [3.05, 3.63) is 30.2 Å². The molecule has 23 heavy (non-hydrogen) atoms. The maximum atomic E-state index is 12.5.